The maximum atomic E-state index is 11.6. The molecule has 2 rings (SSSR count). The van der Waals surface area contributed by atoms with Crippen LogP contribution in [0.1, 0.15) is 42.5 Å². The predicted molar refractivity (Wildman–Crippen MR) is 66.8 cm³/mol. The zero-order chi connectivity index (χ0) is 11.9. The Morgan fingerprint density at radius 1 is 1.41 bits per heavy atom. The van der Waals surface area contributed by atoms with Gasteiger partial charge in [-0.2, -0.15) is 5.10 Å². The van der Waals surface area contributed by atoms with Crippen LogP contribution in [0.3, 0.4) is 0 Å². The van der Waals surface area contributed by atoms with E-state index in [4.69, 9.17) is 0 Å². The summed E-state index contributed by atoms with van der Waals surface area (Å²) in [4.78, 5) is 15.5. The third-order valence-corrected chi connectivity index (χ3v) is 3.03. The molecule has 1 saturated carbocycles. The average molecular weight is 231 g/mol. The molecule has 1 aliphatic rings. The SMILES string of the molecule is O=C(N/N=C\C1CCCCC1)c1cccnc1. The third kappa shape index (κ3) is 3.66. The average Bonchev–Trinajstić information content (AvgIpc) is 2.41. The molecule has 0 saturated heterocycles. The van der Waals surface area contributed by atoms with Crippen LogP contribution in [0.2, 0.25) is 0 Å². The van der Waals surface area contributed by atoms with Gasteiger partial charge in [-0.15, -0.1) is 0 Å². The Labute approximate surface area is 101 Å². The summed E-state index contributed by atoms with van der Waals surface area (Å²) in [5.74, 6) is 0.322. The molecule has 90 valence electrons. The van der Waals surface area contributed by atoms with Gasteiger partial charge in [0.1, 0.15) is 0 Å². The molecule has 17 heavy (non-hydrogen) atoms. The molecular formula is C13H17N3O. The Bertz CT molecular complexity index is 383. The number of nitrogens with one attached hydrogen (secondary N) is 1. The van der Waals surface area contributed by atoms with Crippen LogP contribution >= 0.6 is 0 Å². The second-order valence-corrected chi connectivity index (χ2v) is 4.36. The van der Waals surface area contributed by atoms with Gasteiger partial charge in [0.2, 0.25) is 0 Å². The molecule has 1 amide bonds. The van der Waals surface area contributed by atoms with Crippen molar-refractivity contribution in [3.05, 3.63) is 30.1 Å². The van der Waals surface area contributed by atoms with Crippen LogP contribution in [0.5, 0.6) is 0 Å². The topological polar surface area (TPSA) is 54.4 Å². The van der Waals surface area contributed by atoms with E-state index in [1.807, 2.05) is 6.21 Å². The fourth-order valence-corrected chi connectivity index (χ4v) is 2.05. The number of amides is 1. The molecule has 4 nitrogen and oxygen atoms in total. The van der Waals surface area contributed by atoms with E-state index in [2.05, 4.69) is 15.5 Å². The first-order valence-electron chi connectivity index (χ1n) is 6.10. The third-order valence-electron chi connectivity index (χ3n) is 3.03. The summed E-state index contributed by atoms with van der Waals surface area (Å²) in [5, 5.41) is 4.02. The van der Waals surface area contributed by atoms with Gasteiger partial charge >= 0.3 is 0 Å². The van der Waals surface area contributed by atoms with E-state index in [1.54, 1.807) is 18.3 Å². The van der Waals surface area contributed by atoms with Crippen molar-refractivity contribution >= 4 is 12.1 Å². The highest BCUT2D eigenvalue weighted by Gasteiger charge is 2.10. The Morgan fingerprint density at radius 2 is 2.24 bits per heavy atom. The minimum absolute atomic E-state index is 0.204. The molecule has 1 aromatic heterocycles. The fraction of sp³-hybridized carbons (Fsp3) is 0.462. The number of rotatable bonds is 3. The maximum Gasteiger partial charge on any atom is 0.272 e. The number of nitrogens with zero attached hydrogens (tertiary/aromatic N) is 2. The molecule has 0 unspecified atom stereocenters. The first-order valence-corrected chi connectivity index (χ1v) is 6.10. The molecule has 0 radical (unpaired) electrons. The number of hydrogen-bond acceptors (Lipinski definition) is 3. The van der Waals surface area contributed by atoms with Crippen LogP contribution in [0.4, 0.5) is 0 Å². The normalized spacial score (nSPS) is 17.2. The maximum absolute atomic E-state index is 11.6. The Hall–Kier alpha value is -1.71. The molecule has 0 aliphatic heterocycles. The smallest absolute Gasteiger partial charge is 0.267 e. The number of pyridine rings is 1. The second kappa shape index (κ2) is 6.13. The second-order valence-electron chi connectivity index (χ2n) is 4.36. The van der Waals surface area contributed by atoms with Crippen LogP contribution < -0.4 is 5.43 Å². The lowest BCUT2D eigenvalue weighted by Crippen LogP contribution is -2.19. The lowest BCUT2D eigenvalue weighted by molar-refractivity contribution is 0.0954. The number of carbonyl (C=O) groups is 1. The summed E-state index contributed by atoms with van der Waals surface area (Å²) >= 11 is 0. The van der Waals surface area contributed by atoms with Gasteiger partial charge in [0.15, 0.2) is 0 Å². The summed E-state index contributed by atoms with van der Waals surface area (Å²) < 4.78 is 0. The van der Waals surface area contributed by atoms with E-state index in [1.165, 1.54) is 38.3 Å². The Kier molecular flexibility index (Phi) is 4.24. The highest BCUT2D eigenvalue weighted by atomic mass is 16.2. The molecule has 1 heterocycles. The van der Waals surface area contributed by atoms with Crippen molar-refractivity contribution in [2.75, 3.05) is 0 Å². The van der Waals surface area contributed by atoms with E-state index in [0.717, 1.165) is 0 Å². The van der Waals surface area contributed by atoms with Gasteiger partial charge in [-0.3, -0.25) is 9.78 Å². The van der Waals surface area contributed by atoms with Crippen molar-refractivity contribution in [1.29, 1.82) is 0 Å². The van der Waals surface area contributed by atoms with Crippen molar-refractivity contribution < 1.29 is 4.79 Å². The molecule has 0 aromatic carbocycles. The largest absolute Gasteiger partial charge is 0.272 e. The van der Waals surface area contributed by atoms with Gasteiger partial charge in [0.25, 0.3) is 5.91 Å². The molecule has 4 heteroatoms. The minimum Gasteiger partial charge on any atom is -0.267 e. The zero-order valence-electron chi connectivity index (χ0n) is 9.80. The summed E-state index contributed by atoms with van der Waals surface area (Å²) in [6, 6.07) is 3.46. The predicted octanol–water partition coefficient (Wildman–Crippen LogP) is 2.38. The summed E-state index contributed by atoms with van der Waals surface area (Å²) in [5.41, 5.74) is 3.07. The van der Waals surface area contributed by atoms with Crippen molar-refractivity contribution in [1.82, 2.24) is 10.4 Å². The fourth-order valence-electron chi connectivity index (χ4n) is 2.05. The highest BCUT2D eigenvalue weighted by molar-refractivity contribution is 5.93. The molecule has 1 aliphatic carbocycles. The van der Waals surface area contributed by atoms with E-state index in [0.29, 0.717) is 11.5 Å². The van der Waals surface area contributed by atoms with E-state index < -0.39 is 0 Å². The van der Waals surface area contributed by atoms with Crippen LogP contribution in [-0.2, 0) is 0 Å². The number of hydrazone groups is 1. The number of aromatic nitrogens is 1. The summed E-state index contributed by atoms with van der Waals surface area (Å²) in [6.45, 7) is 0. The van der Waals surface area contributed by atoms with Gasteiger partial charge in [-0.1, -0.05) is 19.3 Å². The van der Waals surface area contributed by atoms with Crippen molar-refractivity contribution in [3.63, 3.8) is 0 Å². The van der Waals surface area contributed by atoms with E-state index >= 15 is 0 Å². The standard InChI is InChI=1S/C13H17N3O/c17-13(12-7-4-8-14-10-12)16-15-9-11-5-2-1-3-6-11/h4,7-11H,1-3,5-6H2,(H,16,17)/b15-9-. The van der Waals surface area contributed by atoms with Gasteiger partial charge < -0.3 is 0 Å². The first-order chi connectivity index (χ1) is 8.36. The molecule has 1 fully saturated rings. The monoisotopic (exact) mass is 231 g/mol. The summed E-state index contributed by atoms with van der Waals surface area (Å²) in [7, 11) is 0. The quantitative estimate of drug-likeness (QED) is 0.641. The Balaban J connectivity index is 1.81. The van der Waals surface area contributed by atoms with Crippen molar-refractivity contribution in [3.8, 4) is 0 Å². The molecule has 0 bridgehead atoms. The van der Waals surface area contributed by atoms with Gasteiger partial charge in [0.05, 0.1) is 5.56 Å². The highest BCUT2D eigenvalue weighted by Crippen LogP contribution is 2.21. The van der Waals surface area contributed by atoms with Crippen molar-refractivity contribution in [2.45, 2.75) is 32.1 Å². The van der Waals surface area contributed by atoms with Crippen LogP contribution in [-0.4, -0.2) is 17.1 Å². The van der Waals surface area contributed by atoms with Gasteiger partial charge in [-0.05, 0) is 30.9 Å². The van der Waals surface area contributed by atoms with Crippen LogP contribution in [0, 0.1) is 5.92 Å². The van der Waals surface area contributed by atoms with E-state index in [9.17, 15) is 4.79 Å². The van der Waals surface area contributed by atoms with Crippen molar-refractivity contribution in [2.24, 2.45) is 11.0 Å². The minimum atomic E-state index is -0.204. The molecular weight excluding hydrogens is 214 g/mol. The Morgan fingerprint density at radius 3 is 2.94 bits per heavy atom. The lowest BCUT2D eigenvalue weighted by Gasteiger charge is -2.16. The lowest BCUT2D eigenvalue weighted by atomic mass is 9.90. The van der Waals surface area contributed by atoms with E-state index in [-0.39, 0.29) is 5.91 Å². The molecule has 1 N–H and O–H groups in total. The summed E-state index contributed by atoms with van der Waals surface area (Å²) in [6.07, 6.45) is 11.3. The number of carbonyl (C=O) groups excluding carboxylic acids is 1. The molecule has 0 atom stereocenters. The zero-order valence-corrected chi connectivity index (χ0v) is 9.80. The van der Waals surface area contributed by atoms with Gasteiger partial charge in [0, 0.05) is 18.6 Å². The first kappa shape index (κ1) is 11.8. The molecule has 1 aromatic rings. The van der Waals surface area contributed by atoms with Crippen LogP contribution in [0.25, 0.3) is 0 Å². The molecule has 0 spiro atoms. The van der Waals surface area contributed by atoms with Crippen LogP contribution in [0.15, 0.2) is 29.6 Å². The van der Waals surface area contributed by atoms with Gasteiger partial charge in [-0.25, -0.2) is 5.43 Å². The number of hydrogen-bond donors (Lipinski definition) is 1.